The smallest absolute Gasteiger partial charge is 0.224 e. The third-order valence-electron chi connectivity index (χ3n) is 3.70. The first-order chi connectivity index (χ1) is 12.3. The van der Waals surface area contributed by atoms with E-state index >= 15 is 0 Å². The first-order valence-electron chi connectivity index (χ1n) is 8.18. The van der Waals surface area contributed by atoms with E-state index in [0.29, 0.717) is 12.5 Å². The molecule has 2 heterocycles. The molecule has 0 radical (unpaired) electrons. The normalized spacial score (nSPS) is 10.3. The van der Waals surface area contributed by atoms with Gasteiger partial charge in [-0.1, -0.05) is 24.3 Å². The SMILES string of the molecule is COc1ccccc1CCNc1nccc(NCc2ccccn2)n1. The minimum absolute atomic E-state index is 0.598. The number of anilines is 2. The van der Waals surface area contributed by atoms with Gasteiger partial charge in [-0.15, -0.1) is 0 Å². The van der Waals surface area contributed by atoms with Crippen LogP contribution in [0.5, 0.6) is 5.75 Å². The van der Waals surface area contributed by atoms with Crippen LogP contribution in [0.2, 0.25) is 0 Å². The number of nitrogens with zero attached hydrogens (tertiary/aromatic N) is 3. The molecule has 3 aromatic rings. The van der Waals surface area contributed by atoms with E-state index in [2.05, 4.69) is 31.7 Å². The fourth-order valence-corrected chi connectivity index (χ4v) is 2.44. The summed E-state index contributed by atoms with van der Waals surface area (Å²) in [5.41, 5.74) is 2.12. The molecule has 6 nitrogen and oxygen atoms in total. The van der Waals surface area contributed by atoms with Gasteiger partial charge in [-0.25, -0.2) is 4.98 Å². The summed E-state index contributed by atoms with van der Waals surface area (Å²) >= 11 is 0. The minimum Gasteiger partial charge on any atom is -0.496 e. The average molecular weight is 335 g/mol. The predicted molar refractivity (Wildman–Crippen MR) is 98.8 cm³/mol. The zero-order valence-corrected chi connectivity index (χ0v) is 14.1. The maximum atomic E-state index is 5.37. The minimum atomic E-state index is 0.598. The van der Waals surface area contributed by atoms with Gasteiger partial charge in [0, 0.05) is 18.9 Å². The number of pyridine rings is 1. The maximum absolute atomic E-state index is 5.37. The molecule has 3 rings (SSSR count). The van der Waals surface area contributed by atoms with E-state index in [9.17, 15) is 0 Å². The third-order valence-corrected chi connectivity index (χ3v) is 3.70. The summed E-state index contributed by atoms with van der Waals surface area (Å²) in [6.45, 7) is 1.35. The number of rotatable bonds is 8. The van der Waals surface area contributed by atoms with Gasteiger partial charge < -0.3 is 15.4 Å². The van der Waals surface area contributed by atoms with E-state index in [1.165, 1.54) is 0 Å². The van der Waals surface area contributed by atoms with Gasteiger partial charge >= 0.3 is 0 Å². The largest absolute Gasteiger partial charge is 0.496 e. The lowest BCUT2D eigenvalue weighted by Crippen LogP contribution is -2.10. The van der Waals surface area contributed by atoms with Crippen LogP contribution in [0, 0.1) is 0 Å². The number of hydrogen-bond acceptors (Lipinski definition) is 6. The lowest BCUT2D eigenvalue weighted by atomic mass is 10.1. The second kappa shape index (κ2) is 8.63. The van der Waals surface area contributed by atoms with Crippen molar-refractivity contribution in [2.24, 2.45) is 0 Å². The zero-order valence-electron chi connectivity index (χ0n) is 14.1. The van der Waals surface area contributed by atoms with Crippen LogP contribution in [0.1, 0.15) is 11.3 Å². The van der Waals surface area contributed by atoms with Gasteiger partial charge in [0.2, 0.25) is 5.95 Å². The van der Waals surface area contributed by atoms with Crippen LogP contribution in [0.3, 0.4) is 0 Å². The Bertz CT molecular complexity index is 795. The molecule has 2 N–H and O–H groups in total. The van der Waals surface area contributed by atoms with E-state index in [1.807, 2.05) is 42.5 Å². The Labute approximate surface area is 147 Å². The Balaban J connectivity index is 1.53. The van der Waals surface area contributed by atoms with Gasteiger partial charge in [-0.2, -0.15) is 4.98 Å². The summed E-state index contributed by atoms with van der Waals surface area (Å²) in [5.74, 6) is 2.26. The Morgan fingerprint density at radius 1 is 0.920 bits per heavy atom. The van der Waals surface area contributed by atoms with Crippen molar-refractivity contribution in [1.82, 2.24) is 15.0 Å². The van der Waals surface area contributed by atoms with E-state index in [0.717, 1.165) is 35.8 Å². The molecule has 0 bridgehead atoms. The van der Waals surface area contributed by atoms with Gasteiger partial charge in [-0.05, 0) is 36.2 Å². The molecule has 0 amide bonds. The molecule has 128 valence electrons. The van der Waals surface area contributed by atoms with Crippen molar-refractivity contribution in [2.75, 3.05) is 24.3 Å². The highest BCUT2D eigenvalue weighted by Crippen LogP contribution is 2.17. The molecule has 0 aliphatic carbocycles. The van der Waals surface area contributed by atoms with Crippen LogP contribution in [0.4, 0.5) is 11.8 Å². The van der Waals surface area contributed by atoms with Crippen LogP contribution >= 0.6 is 0 Å². The van der Waals surface area contributed by atoms with E-state index in [1.54, 1.807) is 19.5 Å². The van der Waals surface area contributed by atoms with Gasteiger partial charge in [0.25, 0.3) is 0 Å². The number of hydrogen-bond donors (Lipinski definition) is 2. The van der Waals surface area contributed by atoms with Crippen LogP contribution in [0.25, 0.3) is 0 Å². The van der Waals surface area contributed by atoms with E-state index < -0.39 is 0 Å². The molecular formula is C19H21N5O. The summed E-state index contributed by atoms with van der Waals surface area (Å²) in [5, 5.41) is 6.50. The number of nitrogens with one attached hydrogen (secondary N) is 2. The Hall–Kier alpha value is -3.15. The van der Waals surface area contributed by atoms with Gasteiger partial charge in [0.05, 0.1) is 19.3 Å². The summed E-state index contributed by atoms with van der Waals surface area (Å²) < 4.78 is 5.37. The Morgan fingerprint density at radius 3 is 2.64 bits per heavy atom. The predicted octanol–water partition coefficient (Wildman–Crippen LogP) is 3.15. The van der Waals surface area contributed by atoms with Crippen molar-refractivity contribution in [3.05, 3.63) is 72.2 Å². The topological polar surface area (TPSA) is 72.0 Å². The number of aromatic nitrogens is 3. The van der Waals surface area contributed by atoms with Crippen molar-refractivity contribution in [1.29, 1.82) is 0 Å². The van der Waals surface area contributed by atoms with E-state index in [-0.39, 0.29) is 0 Å². The summed E-state index contributed by atoms with van der Waals surface area (Å²) in [6.07, 6.45) is 4.35. The highest BCUT2D eigenvalue weighted by atomic mass is 16.5. The number of benzene rings is 1. The van der Waals surface area contributed by atoms with Gasteiger partial charge in [0.1, 0.15) is 11.6 Å². The summed E-state index contributed by atoms with van der Waals surface area (Å²) in [4.78, 5) is 13.0. The molecule has 0 saturated heterocycles. The lowest BCUT2D eigenvalue weighted by Gasteiger charge is -2.10. The molecule has 0 saturated carbocycles. The van der Waals surface area contributed by atoms with Crippen LogP contribution in [-0.4, -0.2) is 28.6 Å². The molecule has 0 unspecified atom stereocenters. The second-order valence-electron chi connectivity index (χ2n) is 5.43. The van der Waals surface area contributed by atoms with Crippen LogP contribution < -0.4 is 15.4 Å². The molecule has 6 heteroatoms. The third kappa shape index (κ3) is 4.91. The zero-order chi connectivity index (χ0) is 17.3. The second-order valence-corrected chi connectivity index (χ2v) is 5.43. The molecule has 25 heavy (non-hydrogen) atoms. The molecular weight excluding hydrogens is 314 g/mol. The average Bonchev–Trinajstić information content (AvgIpc) is 2.68. The fourth-order valence-electron chi connectivity index (χ4n) is 2.44. The Kier molecular flexibility index (Phi) is 5.77. The monoisotopic (exact) mass is 335 g/mol. The van der Waals surface area contributed by atoms with Crippen molar-refractivity contribution < 1.29 is 4.74 Å². The summed E-state index contributed by atoms with van der Waals surface area (Å²) in [7, 11) is 1.69. The molecule has 1 aromatic carbocycles. The molecule has 0 spiro atoms. The highest BCUT2D eigenvalue weighted by molar-refractivity contribution is 5.40. The first-order valence-corrected chi connectivity index (χ1v) is 8.18. The molecule has 0 aliphatic heterocycles. The molecule has 0 atom stereocenters. The van der Waals surface area contributed by atoms with E-state index in [4.69, 9.17) is 4.74 Å². The lowest BCUT2D eigenvalue weighted by molar-refractivity contribution is 0.410. The fraction of sp³-hybridized carbons (Fsp3) is 0.211. The number of methoxy groups -OCH3 is 1. The number of para-hydroxylation sites is 1. The highest BCUT2D eigenvalue weighted by Gasteiger charge is 2.03. The van der Waals surface area contributed by atoms with Crippen molar-refractivity contribution in [3.8, 4) is 5.75 Å². The van der Waals surface area contributed by atoms with Crippen molar-refractivity contribution >= 4 is 11.8 Å². The standard InChI is InChI=1S/C19H21N5O/c1-25-17-8-3-2-6-15(17)9-12-21-19-22-13-10-18(24-19)23-14-16-7-4-5-11-20-16/h2-8,10-11,13H,9,12,14H2,1H3,(H2,21,22,23,24). The van der Waals surface area contributed by atoms with Crippen molar-refractivity contribution in [2.45, 2.75) is 13.0 Å². The summed E-state index contributed by atoms with van der Waals surface area (Å²) in [6, 6.07) is 15.7. The van der Waals surface area contributed by atoms with Crippen LogP contribution in [0.15, 0.2) is 60.9 Å². The number of ether oxygens (including phenoxy) is 1. The Morgan fingerprint density at radius 2 is 1.80 bits per heavy atom. The quantitative estimate of drug-likeness (QED) is 0.659. The maximum Gasteiger partial charge on any atom is 0.224 e. The molecule has 0 fully saturated rings. The van der Waals surface area contributed by atoms with Gasteiger partial charge in [-0.3, -0.25) is 4.98 Å². The molecule has 2 aromatic heterocycles. The molecule has 0 aliphatic rings. The van der Waals surface area contributed by atoms with Gasteiger partial charge in [0.15, 0.2) is 0 Å². The first kappa shape index (κ1) is 16.7. The van der Waals surface area contributed by atoms with Crippen molar-refractivity contribution in [3.63, 3.8) is 0 Å². The van der Waals surface area contributed by atoms with Crippen LogP contribution in [-0.2, 0) is 13.0 Å².